The summed E-state index contributed by atoms with van der Waals surface area (Å²) in [7, 11) is 0. The number of carbonyl (C=O) groups is 2. The molecule has 2 rings (SSSR count). The van der Waals surface area contributed by atoms with Crippen molar-refractivity contribution in [1.82, 2.24) is 0 Å². The minimum atomic E-state index is -1.27. The molecule has 0 aliphatic rings. The second kappa shape index (κ2) is 7.65. The van der Waals surface area contributed by atoms with Gasteiger partial charge >= 0.3 is 11.9 Å². The van der Waals surface area contributed by atoms with Crippen LogP contribution in [0.4, 0.5) is 0 Å². The molecule has 0 unspecified atom stereocenters. The molecule has 108 valence electrons. The molecule has 0 saturated heterocycles. The maximum Gasteiger partial charge on any atom is 0.331 e. The first-order valence-electron chi connectivity index (χ1n) is 6.18. The van der Waals surface area contributed by atoms with E-state index in [-0.39, 0.29) is 5.57 Å². The van der Waals surface area contributed by atoms with Gasteiger partial charge in [-0.2, -0.15) is 0 Å². The van der Waals surface area contributed by atoms with Gasteiger partial charge in [-0.15, -0.1) is 0 Å². The maximum atomic E-state index is 9.87. The van der Waals surface area contributed by atoms with Gasteiger partial charge < -0.3 is 10.2 Å². The molecule has 0 atom stereocenters. The van der Waals surface area contributed by atoms with Crippen LogP contribution in [0.15, 0.2) is 61.2 Å². The molecule has 2 aromatic carbocycles. The lowest BCUT2D eigenvalue weighted by Gasteiger charge is -1.99. The van der Waals surface area contributed by atoms with E-state index in [2.05, 4.69) is 55.6 Å². The largest absolute Gasteiger partial charge is 0.481 e. The zero-order chi connectivity index (χ0) is 15.8. The molecule has 0 aromatic heterocycles. The monoisotopic (exact) mass is 284 g/mol. The van der Waals surface area contributed by atoms with Gasteiger partial charge in [-0.1, -0.05) is 61.7 Å². The number of carboxylic acid groups (broad SMARTS) is 2. The second-order valence-electron chi connectivity index (χ2n) is 4.25. The van der Waals surface area contributed by atoms with Gasteiger partial charge in [0.2, 0.25) is 0 Å². The van der Waals surface area contributed by atoms with E-state index in [4.69, 9.17) is 10.2 Å². The quantitative estimate of drug-likeness (QED) is 0.841. The van der Waals surface area contributed by atoms with Crippen LogP contribution in [0, 0.1) is 0 Å². The third-order valence-electron chi connectivity index (χ3n) is 2.71. The standard InChI is InChI=1S/C12H10.C5H6O4/c1-2-10-7-5-8-11-6-3-4-9-12(10)11;1-3(5(8)9)2-4(6)7/h2-9H,1H2;1-2H2,(H,6,7)(H,8,9). The third kappa shape index (κ3) is 4.95. The SMILES string of the molecule is C=C(CC(=O)O)C(=O)O.C=Cc1cccc2ccccc12. The van der Waals surface area contributed by atoms with Gasteiger partial charge in [0.1, 0.15) is 0 Å². The Hall–Kier alpha value is -2.88. The molecule has 0 aliphatic heterocycles. The predicted octanol–water partition coefficient (Wildman–Crippen LogP) is 3.58. The van der Waals surface area contributed by atoms with Crippen molar-refractivity contribution < 1.29 is 19.8 Å². The van der Waals surface area contributed by atoms with Gasteiger partial charge in [-0.05, 0) is 16.3 Å². The predicted molar refractivity (Wildman–Crippen MR) is 83.1 cm³/mol. The van der Waals surface area contributed by atoms with Crippen LogP contribution in [0.25, 0.3) is 16.8 Å². The molecule has 2 aromatic rings. The molecule has 0 fully saturated rings. The number of aliphatic carboxylic acids is 2. The highest BCUT2D eigenvalue weighted by molar-refractivity contribution is 5.91. The summed E-state index contributed by atoms with van der Waals surface area (Å²) in [5.74, 6) is -2.44. The van der Waals surface area contributed by atoms with E-state index < -0.39 is 18.4 Å². The van der Waals surface area contributed by atoms with Crippen molar-refractivity contribution >= 4 is 28.8 Å². The van der Waals surface area contributed by atoms with Crippen LogP contribution < -0.4 is 0 Å². The van der Waals surface area contributed by atoms with E-state index in [0.29, 0.717) is 0 Å². The Kier molecular flexibility index (Phi) is 5.89. The Morgan fingerprint density at radius 2 is 1.67 bits per heavy atom. The Morgan fingerprint density at radius 3 is 2.19 bits per heavy atom. The van der Waals surface area contributed by atoms with Crippen molar-refractivity contribution in [2.75, 3.05) is 0 Å². The summed E-state index contributed by atoms with van der Waals surface area (Å²) in [4.78, 5) is 19.7. The minimum absolute atomic E-state index is 0.303. The Labute approximate surface area is 122 Å². The fourth-order valence-electron chi connectivity index (χ4n) is 1.69. The molecule has 0 aliphatic carbocycles. The fourth-order valence-corrected chi connectivity index (χ4v) is 1.69. The number of hydrogen-bond acceptors (Lipinski definition) is 2. The van der Waals surface area contributed by atoms with Crippen LogP contribution in [0.1, 0.15) is 12.0 Å². The van der Waals surface area contributed by atoms with Gasteiger partial charge in [0.15, 0.2) is 0 Å². The first kappa shape index (κ1) is 16.2. The molecule has 4 nitrogen and oxygen atoms in total. The van der Waals surface area contributed by atoms with Gasteiger partial charge in [0.05, 0.1) is 6.42 Å². The molecular formula is C17H16O4. The average Bonchev–Trinajstić information content (AvgIpc) is 2.46. The number of rotatable bonds is 4. The molecule has 0 amide bonds. The summed E-state index contributed by atoms with van der Waals surface area (Å²) in [6.45, 7) is 6.80. The van der Waals surface area contributed by atoms with Crippen LogP contribution in [-0.4, -0.2) is 22.2 Å². The van der Waals surface area contributed by atoms with Crippen molar-refractivity contribution in [1.29, 1.82) is 0 Å². The highest BCUT2D eigenvalue weighted by Gasteiger charge is 2.07. The van der Waals surface area contributed by atoms with Crippen LogP contribution in [0.5, 0.6) is 0 Å². The number of fused-ring (bicyclic) bond motifs is 1. The lowest BCUT2D eigenvalue weighted by atomic mass is 10.1. The van der Waals surface area contributed by atoms with Gasteiger partial charge in [0.25, 0.3) is 0 Å². The second-order valence-corrected chi connectivity index (χ2v) is 4.25. The van der Waals surface area contributed by atoms with Gasteiger partial charge in [0, 0.05) is 5.57 Å². The number of carboxylic acids is 2. The Balaban J connectivity index is 0.000000222. The van der Waals surface area contributed by atoms with Gasteiger partial charge in [-0.25, -0.2) is 4.79 Å². The molecule has 2 N–H and O–H groups in total. The van der Waals surface area contributed by atoms with E-state index in [1.165, 1.54) is 16.3 Å². The van der Waals surface area contributed by atoms with E-state index >= 15 is 0 Å². The lowest BCUT2D eigenvalue weighted by molar-refractivity contribution is -0.139. The fraction of sp³-hybridized carbons (Fsp3) is 0.0588. The zero-order valence-electron chi connectivity index (χ0n) is 11.5. The summed E-state index contributed by atoms with van der Waals surface area (Å²) in [5.41, 5.74) is 0.899. The molecule has 0 spiro atoms. The Morgan fingerprint density at radius 1 is 1.05 bits per heavy atom. The van der Waals surface area contributed by atoms with Crippen LogP contribution >= 0.6 is 0 Å². The first-order valence-corrected chi connectivity index (χ1v) is 6.18. The topological polar surface area (TPSA) is 74.6 Å². The van der Waals surface area contributed by atoms with Crippen molar-refractivity contribution in [2.45, 2.75) is 6.42 Å². The molecule has 4 heteroatoms. The van der Waals surface area contributed by atoms with Crippen molar-refractivity contribution in [3.8, 4) is 0 Å². The van der Waals surface area contributed by atoms with Crippen LogP contribution in [0.2, 0.25) is 0 Å². The lowest BCUT2D eigenvalue weighted by Crippen LogP contribution is -2.04. The van der Waals surface area contributed by atoms with E-state index in [0.717, 1.165) is 0 Å². The molecule has 0 heterocycles. The summed E-state index contributed by atoms with van der Waals surface area (Å²) in [6, 6.07) is 14.6. The van der Waals surface area contributed by atoms with E-state index in [1.54, 1.807) is 0 Å². The summed E-state index contributed by atoms with van der Waals surface area (Å²) in [5, 5.41) is 18.6. The highest BCUT2D eigenvalue weighted by atomic mass is 16.4. The van der Waals surface area contributed by atoms with Crippen molar-refractivity contribution in [3.05, 3.63) is 66.8 Å². The summed E-state index contributed by atoms with van der Waals surface area (Å²) >= 11 is 0. The first-order chi connectivity index (χ1) is 9.95. The maximum absolute atomic E-state index is 9.87. The summed E-state index contributed by atoms with van der Waals surface area (Å²) < 4.78 is 0. The minimum Gasteiger partial charge on any atom is -0.481 e. The molecule has 0 radical (unpaired) electrons. The zero-order valence-corrected chi connectivity index (χ0v) is 11.5. The molecule has 0 bridgehead atoms. The molecule has 0 saturated carbocycles. The number of hydrogen-bond donors (Lipinski definition) is 2. The van der Waals surface area contributed by atoms with Crippen molar-refractivity contribution in [2.24, 2.45) is 0 Å². The Bertz CT molecular complexity index is 681. The van der Waals surface area contributed by atoms with Gasteiger partial charge in [-0.3, -0.25) is 4.79 Å². The summed E-state index contributed by atoms with van der Waals surface area (Å²) in [6.07, 6.45) is 1.39. The van der Waals surface area contributed by atoms with Crippen molar-refractivity contribution in [3.63, 3.8) is 0 Å². The third-order valence-corrected chi connectivity index (χ3v) is 2.71. The van der Waals surface area contributed by atoms with E-state index in [9.17, 15) is 9.59 Å². The van der Waals surface area contributed by atoms with E-state index in [1.807, 2.05) is 6.08 Å². The molecule has 21 heavy (non-hydrogen) atoms. The molecular weight excluding hydrogens is 268 g/mol. The number of benzene rings is 2. The van der Waals surface area contributed by atoms with Crippen LogP contribution in [0.3, 0.4) is 0 Å². The normalized spacial score (nSPS) is 9.33. The average molecular weight is 284 g/mol. The smallest absolute Gasteiger partial charge is 0.331 e. The van der Waals surface area contributed by atoms with Crippen LogP contribution in [-0.2, 0) is 9.59 Å². The highest BCUT2D eigenvalue weighted by Crippen LogP contribution is 2.18.